The highest BCUT2D eigenvalue weighted by atomic mass is 32.1. The van der Waals surface area contributed by atoms with Gasteiger partial charge >= 0.3 is 0 Å². The molecular formula is C50H33NOS. The van der Waals surface area contributed by atoms with Gasteiger partial charge in [0.25, 0.3) is 0 Å². The Balaban J connectivity index is 1.16. The van der Waals surface area contributed by atoms with E-state index in [1.54, 1.807) is 0 Å². The summed E-state index contributed by atoms with van der Waals surface area (Å²) in [6.07, 6.45) is 8.49. The summed E-state index contributed by atoms with van der Waals surface area (Å²) < 4.78 is 9.09. The van der Waals surface area contributed by atoms with E-state index in [-0.39, 0.29) is 0 Å². The molecule has 3 heteroatoms. The van der Waals surface area contributed by atoms with Crippen LogP contribution in [0.2, 0.25) is 0 Å². The molecule has 0 atom stereocenters. The molecule has 250 valence electrons. The molecule has 0 saturated carbocycles. The van der Waals surface area contributed by atoms with Crippen LogP contribution < -0.4 is 4.90 Å². The number of para-hydroxylation sites is 1. The second-order valence-electron chi connectivity index (χ2n) is 13.3. The van der Waals surface area contributed by atoms with Crippen molar-refractivity contribution in [1.29, 1.82) is 0 Å². The topological polar surface area (TPSA) is 16.4 Å². The predicted octanol–water partition coefficient (Wildman–Crippen LogP) is 14.8. The van der Waals surface area contributed by atoms with Gasteiger partial charge in [0.2, 0.25) is 0 Å². The first-order valence-corrected chi connectivity index (χ1v) is 18.7. The average Bonchev–Trinajstić information content (AvgIpc) is 3.78. The van der Waals surface area contributed by atoms with Crippen LogP contribution in [0.3, 0.4) is 0 Å². The van der Waals surface area contributed by atoms with E-state index in [2.05, 4.69) is 194 Å². The Morgan fingerprint density at radius 1 is 0.547 bits per heavy atom. The zero-order valence-corrected chi connectivity index (χ0v) is 29.7. The standard InChI is InChI=1S/C50H33NOS/c1-2-33(38-23-12-25-42-40-22-8-10-29-48(40)53-50(38)42)19-14-30-51(44-27-11-18-34-15-5-6-20-37(34)44)45-26-9-7-21-39(45)41-24-13-28-46-49(41)43-31-35-16-3-4-17-36(35)32-47(43)52-46/h2-32H,1H2/b30-14+,33-19+. The third-order valence-electron chi connectivity index (χ3n) is 10.3. The number of nitrogens with zero attached hydrogens (tertiary/aromatic N) is 1. The van der Waals surface area contributed by atoms with E-state index >= 15 is 0 Å². The van der Waals surface area contributed by atoms with Gasteiger partial charge in [0.1, 0.15) is 11.2 Å². The van der Waals surface area contributed by atoms with Crippen molar-refractivity contribution in [2.45, 2.75) is 0 Å². The first-order valence-electron chi connectivity index (χ1n) is 17.9. The third kappa shape index (κ3) is 5.25. The largest absolute Gasteiger partial charge is 0.456 e. The van der Waals surface area contributed by atoms with E-state index in [4.69, 9.17) is 4.42 Å². The highest BCUT2D eigenvalue weighted by molar-refractivity contribution is 7.26. The number of fused-ring (bicyclic) bond motifs is 8. The molecule has 0 aliphatic rings. The summed E-state index contributed by atoms with van der Waals surface area (Å²) >= 11 is 1.84. The van der Waals surface area contributed by atoms with Crippen molar-refractivity contribution in [3.63, 3.8) is 0 Å². The smallest absolute Gasteiger partial charge is 0.136 e. The Hall–Kier alpha value is -6.68. The summed E-state index contributed by atoms with van der Waals surface area (Å²) in [5.74, 6) is 0. The minimum absolute atomic E-state index is 0.879. The number of anilines is 2. The van der Waals surface area contributed by atoms with Gasteiger partial charge in [-0.1, -0.05) is 146 Å². The van der Waals surface area contributed by atoms with Crippen LogP contribution in [0, 0.1) is 0 Å². The van der Waals surface area contributed by atoms with Crippen molar-refractivity contribution in [2.75, 3.05) is 4.90 Å². The summed E-state index contributed by atoms with van der Waals surface area (Å²) in [6.45, 7) is 4.25. The molecule has 2 nitrogen and oxygen atoms in total. The maximum atomic E-state index is 6.52. The van der Waals surface area contributed by atoms with Crippen LogP contribution in [0.15, 0.2) is 199 Å². The monoisotopic (exact) mass is 695 g/mol. The Labute approximate surface area is 311 Å². The summed E-state index contributed by atoms with van der Waals surface area (Å²) in [5.41, 5.74) is 8.45. The van der Waals surface area contributed by atoms with Crippen LogP contribution in [0.25, 0.3) is 80.4 Å². The van der Waals surface area contributed by atoms with Gasteiger partial charge in [-0.3, -0.25) is 0 Å². The first kappa shape index (κ1) is 31.1. The van der Waals surface area contributed by atoms with E-state index in [9.17, 15) is 0 Å². The van der Waals surface area contributed by atoms with Gasteiger partial charge in [-0.25, -0.2) is 0 Å². The van der Waals surface area contributed by atoms with Gasteiger partial charge in [-0.2, -0.15) is 0 Å². The predicted molar refractivity (Wildman–Crippen MR) is 229 cm³/mol. The van der Waals surface area contributed by atoms with Gasteiger partial charge in [-0.05, 0) is 75.3 Å². The van der Waals surface area contributed by atoms with Crippen molar-refractivity contribution >= 4 is 91.9 Å². The maximum absolute atomic E-state index is 6.52. The van der Waals surface area contributed by atoms with Gasteiger partial charge in [0.15, 0.2) is 0 Å². The lowest BCUT2D eigenvalue weighted by atomic mass is 9.96. The van der Waals surface area contributed by atoms with Gasteiger partial charge in [0, 0.05) is 48.1 Å². The highest BCUT2D eigenvalue weighted by Crippen LogP contribution is 2.44. The molecule has 10 aromatic rings. The molecule has 0 spiro atoms. The van der Waals surface area contributed by atoms with Crippen LogP contribution in [0.4, 0.5) is 11.4 Å². The molecular weight excluding hydrogens is 663 g/mol. The van der Waals surface area contributed by atoms with Crippen molar-refractivity contribution < 1.29 is 4.42 Å². The molecule has 8 aromatic carbocycles. The zero-order chi connectivity index (χ0) is 35.3. The van der Waals surface area contributed by atoms with Crippen LogP contribution in [-0.2, 0) is 0 Å². The normalized spacial score (nSPS) is 12.3. The van der Waals surface area contributed by atoms with Crippen LogP contribution in [0.5, 0.6) is 0 Å². The number of furan rings is 1. The maximum Gasteiger partial charge on any atom is 0.136 e. The molecule has 2 aromatic heterocycles. The summed E-state index contributed by atoms with van der Waals surface area (Å²) in [7, 11) is 0. The molecule has 53 heavy (non-hydrogen) atoms. The highest BCUT2D eigenvalue weighted by Gasteiger charge is 2.19. The number of thiophene rings is 1. The third-order valence-corrected chi connectivity index (χ3v) is 11.5. The number of hydrogen-bond donors (Lipinski definition) is 0. The fourth-order valence-corrected chi connectivity index (χ4v) is 9.07. The molecule has 0 amide bonds. The second-order valence-corrected chi connectivity index (χ2v) is 14.4. The van der Waals surface area contributed by atoms with Gasteiger partial charge in [0.05, 0.1) is 11.4 Å². The van der Waals surface area contributed by atoms with Crippen molar-refractivity contribution in [1.82, 2.24) is 0 Å². The summed E-state index contributed by atoms with van der Waals surface area (Å²) in [6, 6.07) is 58.3. The van der Waals surface area contributed by atoms with Crippen LogP contribution in [0.1, 0.15) is 5.56 Å². The average molecular weight is 696 g/mol. The van der Waals surface area contributed by atoms with E-state index in [0.717, 1.165) is 50.0 Å². The fourth-order valence-electron chi connectivity index (χ4n) is 7.83. The SMILES string of the molecule is C=C/C(=C\C=C\N(c1ccccc1-c1cccc2oc3cc4ccccc4cc3c12)c1cccc2ccccc12)c1cccc2c1sc1ccccc12. The Morgan fingerprint density at radius 2 is 1.21 bits per heavy atom. The number of benzene rings is 8. The van der Waals surface area contributed by atoms with Crippen molar-refractivity contribution in [2.24, 2.45) is 0 Å². The number of hydrogen-bond acceptors (Lipinski definition) is 3. The summed E-state index contributed by atoms with van der Waals surface area (Å²) in [4.78, 5) is 2.32. The molecule has 10 rings (SSSR count). The van der Waals surface area contributed by atoms with Gasteiger partial charge < -0.3 is 9.32 Å². The van der Waals surface area contributed by atoms with Crippen LogP contribution in [-0.4, -0.2) is 0 Å². The molecule has 0 saturated heterocycles. The molecule has 0 bridgehead atoms. The van der Waals surface area contributed by atoms with E-state index in [1.165, 1.54) is 47.3 Å². The molecule has 0 unspecified atom stereocenters. The van der Waals surface area contributed by atoms with Crippen molar-refractivity contribution in [3.8, 4) is 11.1 Å². The first-order chi connectivity index (χ1) is 26.2. The lowest BCUT2D eigenvalue weighted by Gasteiger charge is -2.25. The molecule has 0 aliphatic heterocycles. The minimum atomic E-state index is 0.879. The number of rotatable bonds is 7. The fraction of sp³-hybridized carbons (Fsp3) is 0. The van der Waals surface area contributed by atoms with Crippen molar-refractivity contribution in [3.05, 3.63) is 200 Å². The molecule has 0 aliphatic carbocycles. The van der Waals surface area contributed by atoms with E-state index in [0.29, 0.717) is 0 Å². The lowest BCUT2D eigenvalue weighted by molar-refractivity contribution is 0.669. The minimum Gasteiger partial charge on any atom is -0.456 e. The Bertz CT molecular complexity index is 3100. The van der Waals surface area contributed by atoms with E-state index in [1.807, 2.05) is 17.4 Å². The quantitative estimate of drug-likeness (QED) is 0.154. The molecule has 2 heterocycles. The second kappa shape index (κ2) is 12.8. The van der Waals surface area contributed by atoms with Crippen LogP contribution >= 0.6 is 11.3 Å². The molecule has 0 N–H and O–H groups in total. The summed E-state index contributed by atoms with van der Waals surface area (Å²) in [5, 5.41) is 9.54. The zero-order valence-electron chi connectivity index (χ0n) is 28.9. The molecule has 0 radical (unpaired) electrons. The lowest BCUT2D eigenvalue weighted by Crippen LogP contribution is -2.10. The van der Waals surface area contributed by atoms with Gasteiger partial charge in [-0.15, -0.1) is 11.3 Å². The Kier molecular flexibility index (Phi) is 7.52. The number of allylic oxidation sites excluding steroid dienone is 4. The van der Waals surface area contributed by atoms with E-state index < -0.39 is 0 Å². The Morgan fingerprint density at radius 3 is 2.09 bits per heavy atom. The molecule has 0 fully saturated rings.